The lowest BCUT2D eigenvalue weighted by Gasteiger charge is -2.13. The lowest BCUT2D eigenvalue weighted by Crippen LogP contribution is -2.20. The van der Waals surface area contributed by atoms with E-state index in [2.05, 4.69) is 16.0 Å². The Balaban J connectivity index is 2.04. The third-order valence-corrected chi connectivity index (χ3v) is 4.27. The molecule has 0 N–H and O–H groups in total. The number of nitrogens with zero attached hydrogens (tertiary/aromatic N) is 4. The van der Waals surface area contributed by atoms with Crippen molar-refractivity contribution in [2.24, 2.45) is 0 Å². The van der Waals surface area contributed by atoms with E-state index < -0.39 is 0 Å². The lowest BCUT2D eigenvalue weighted by atomic mass is 9.98. The van der Waals surface area contributed by atoms with Crippen molar-refractivity contribution in [3.05, 3.63) is 101 Å². The summed E-state index contributed by atoms with van der Waals surface area (Å²) in [5.74, 6) is 0. The van der Waals surface area contributed by atoms with Crippen LogP contribution in [0.1, 0.15) is 5.56 Å². The highest BCUT2D eigenvalue weighted by molar-refractivity contribution is 5.75. The van der Waals surface area contributed by atoms with Gasteiger partial charge in [0, 0.05) is 47.0 Å². The highest BCUT2D eigenvalue weighted by atomic mass is 16.1. The second-order valence-electron chi connectivity index (χ2n) is 5.93. The molecule has 4 rings (SSSR count). The molecule has 0 spiro atoms. The van der Waals surface area contributed by atoms with E-state index in [0.717, 1.165) is 11.1 Å². The Labute approximate surface area is 155 Å². The topological polar surface area (TPSA) is 71.6 Å². The predicted molar refractivity (Wildman–Crippen MR) is 103 cm³/mol. The monoisotopic (exact) mass is 350 g/mol. The summed E-state index contributed by atoms with van der Waals surface area (Å²) in [6.45, 7) is 0. The molecule has 0 fully saturated rings. The maximum Gasteiger partial charge on any atom is 0.263 e. The Morgan fingerprint density at radius 2 is 1.63 bits per heavy atom. The van der Waals surface area contributed by atoms with Gasteiger partial charge in [0.25, 0.3) is 5.56 Å². The minimum absolute atomic E-state index is 0.210. The molecule has 0 atom stereocenters. The van der Waals surface area contributed by atoms with Gasteiger partial charge in [-0.05, 0) is 30.3 Å². The zero-order valence-electron chi connectivity index (χ0n) is 14.3. The quantitative estimate of drug-likeness (QED) is 0.563. The van der Waals surface area contributed by atoms with Crippen LogP contribution in [0.4, 0.5) is 0 Å². The number of pyridine rings is 3. The van der Waals surface area contributed by atoms with E-state index in [1.54, 1.807) is 59.8 Å². The number of hydrogen-bond donors (Lipinski definition) is 0. The van der Waals surface area contributed by atoms with Crippen LogP contribution in [-0.2, 0) is 0 Å². The molecule has 0 saturated heterocycles. The molecule has 128 valence electrons. The van der Waals surface area contributed by atoms with E-state index in [1.165, 1.54) is 0 Å². The van der Waals surface area contributed by atoms with Gasteiger partial charge in [-0.2, -0.15) is 5.26 Å². The molecule has 3 heterocycles. The van der Waals surface area contributed by atoms with Gasteiger partial charge in [0.1, 0.15) is 0 Å². The molecule has 0 saturated carbocycles. The standard InChI is InChI=1S/C22H14N4O/c23-12-16-5-1-2-8-20(16)21-11-18(17-6-3-9-24-13-17)15-26(22(21)27)19-7-4-10-25-14-19/h1-11,13-15H. The van der Waals surface area contributed by atoms with E-state index in [-0.39, 0.29) is 5.56 Å². The summed E-state index contributed by atoms with van der Waals surface area (Å²) < 4.78 is 1.55. The summed E-state index contributed by atoms with van der Waals surface area (Å²) in [5.41, 5.74) is 3.67. The molecular formula is C22H14N4O. The molecule has 0 amide bonds. The van der Waals surface area contributed by atoms with Gasteiger partial charge in [0.2, 0.25) is 0 Å². The summed E-state index contributed by atoms with van der Waals surface area (Å²) >= 11 is 0. The first-order valence-electron chi connectivity index (χ1n) is 8.35. The van der Waals surface area contributed by atoms with Gasteiger partial charge in [-0.15, -0.1) is 0 Å². The molecule has 4 aromatic rings. The Morgan fingerprint density at radius 1 is 0.852 bits per heavy atom. The summed E-state index contributed by atoms with van der Waals surface area (Å²) in [6.07, 6.45) is 8.51. The summed E-state index contributed by atoms with van der Waals surface area (Å²) in [5, 5.41) is 9.46. The van der Waals surface area contributed by atoms with Crippen molar-refractivity contribution in [1.29, 1.82) is 5.26 Å². The van der Waals surface area contributed by atoms with Crippen molar-refractivity contribution in [3.63, 3.8) is 0 Å². The fourth-order valence-corrected chi connectivity index (χ4v) is 2.97. The summed E-state index contributed by atoms with van der Waals surface area (Å²) in [6, 6.07) is 18.5. The van der Waals surface area contributed by atoms with Crippen LogP contribution in [0.2, 0.25) is 0 Å². The van der Waals surface area contributed by atoms with Gasteiger partial charge in [-0.3, -0.25) is 19.3 Å². The van der Waals surface area contributed by atoms with E-state index in [0.29, 0.717) is 22.4 Å². The average Bonchev–Trinajstić information content (AvgIpc) is 2.75. The average molecular weight is 350 g/mol. The van der Waals surface area contributed by atoms with Crippen LogP contribution < -0.4 is 5.56 Å². The number of aromatic nitrogens is 3. The third kappa shape index (κ3) is 3.12. The normalized spacial score (nSPS) is 10.3. The summed E-state index contributed by atoms with van der Waals surface area (Å²) in [4.78, 5) is 21.5. The molecule has 5 heteroatoms. The SMILES string of the molecule is N#Cc1ccccc1-c1cc(-c2cccnc2)cn(-c2cccnc2)c1=O. The Morgan fingerprint density at radius 3 is 2.33 bits per heavy atom. The van der Waals surface area contributed by atoms with Gasteiger partial charge in [0.15, 0.2) is 0 Å². The first-order valence-corrected chi connectivity index (χ1v) is 8.35. The molecule has 1 aromatic carbocycles. The van der Waals surface area contributed by atoms with E-state index >= 15 is 0 Å². The van der Waals surface area contributed by atoms with Gasteiger partial charge >= 0.3 is 0 Å². The maximum absolute atomic E-state index is 13.2. The molecule has 0 unspecified atom stereocenters. The van der Waals surface area contributed by atoms with Crippen LogP contribution >= 0.6 is 0 Å². The number of hydrogen-bond acceptors (Lipinski definition) is 4. The fourth-order valence-electron chi connectivity index (χ4n) is 2.97. The van der Waals surface area contributed by atoms with E-state index in [1.807, 2.05) is 30.3 Å². The smallest absolute Gasteiger partial charge is 0.263 e. The largest absolute Gasteiger partial charge is 0.282 e. The van der Waals surface area contributed by atoms with Crippen LogP contribution in [0.15, 0.2) is 90.4 Å². The minimum atomic E-state index is -0.210. The van der Waals surface area contributed by atoms with Crippen molar-refractivity contribution in [3.8, 4) is 34.0 Å². The zero-order chi connectivity index (χ0) is 18.6. The maximum atomic E-state index is 13.2. The minimum Gasteiger partial charge on any atom is -0.282 e. The molecule has 5 nitrogen and oxygen atoms in total. The van der Waals surface area contributed by atoms with Crippen LogP contribution in [0.25, 0.3) is 27.9 Å². The van der Waals surface area contributed by atoms with Crippen molar-refractivity contribution in [2.45, 2.75) is 0 Å². The van der Waals surface area contributed by atoms with Gasteiger partial charge in [-0.1, -0.05) is 24.3 Å². The predicted octanol–water partition coefficient (Wildman–Crippen LogP) is 3.83. The molecular weight excluding hydrogens is 336 g/mol. The van der Waals surface area contributed by atoms with Gasteiger partial charge in [0.05, 0.1) is 23.5 Å². The van der Waals surface area contributed by atoms with Crippen molar-refractivity contribution >= 4 is 0 Å². The highest BCUT2D eigenvalue weighted by Gasteiger charge is 2.14. The number of rotatable bonds is 3. The van der Waals surface area contributed by atoms with E-state index in [4.69, 9.17) is 0 Å². The molecule has 27 heavy (non-hydrogen) atoms. The van der Waals surface area contributed by atoms with Crippen LogP contribution in [0, 0.1) is 11.3 Å². The Kier molecular flexibility index (Phi) is 4.30. The van der Waals surface area contributed by atoms with Crippen LogP contribution in [-0.4, -0.2) is 14.5 Å². The number of benzene rings is 1. The highest BCUT2D eigenvalue weighted by Crippen LogP contribution is 2.26. The van der Waals surface area contributed by atoms with Crippen LogP contribution in [0.3, 0.4) is 0 Å². The van der Waals surface area contributed by atoms with Crippen molar-refractivity contribution < 1.29 is 0 Å². The van der Waals surface area contributed by atoms with E-state index in [9.17, 15) is 10.1 Å². The van der Waals surface area contributed by atoms with Crippen molar-refractivity contribution in [1.82, 2.24) is 14.5 Å². The fraction of sp³-hybridized carbons (Fsp3) is 0. The third-order valence-electron chi connectivity index (χ3n) is 4.27. The van der Waals surface area contributed by atoms with Crippen LogP contribution in [0.5, 0.6) is 0 Å². The van der Waals surface area contributed by atoms with Gasteiger partial charge in [-0.25, -0.2) is 0 Å². The Hall–Kier alpha value is -4.04. The molecule has 0 aliphatic rings. The first-order chi connectivity index (χ1) is 13.3. The number of nitriles is 1. The molecule has 0 bridgehead atoms. The molecule has 0 aliphatic carbocycles. The first kappa shape index (κ1) is 16.4. The molecule has 3 aromatic heterocycles. The van der Waals surface area contributed by atoms with Crippen molar-refractivity contribution in [2.75, 3.05) is 0 Å². The second-order valence-corrected chi connectivity index (χ2v) is 5.93. The molecule has 0 aliphatic heterocycles. The Bertz CT molecular complexity index is 1190. The van der Waals surface area contributed by atoms with Gasteiger partial charge < -0.3 is 0 Å². The zero-order valence-corrected chi connectivity index (χ0v) is 14.3. The molecule has 0 radical (unpaired) electrons. The summed E-state index contributed by atoms with van der Waals surface area (Å²) in [7, 11) is 0. The second kappa shape index (κ2) is 7.06. The lowest BCUT2D eigenvalue weighted by molar-refractivity contribution is 0.982.